The Morgan fingerprint density at radius 2 is 1.76 bits per heavy atom. The molecule has 21 heavy (non-hydrogen) atoms. The molecule has 0 atom stereocenters. The molecule has 0 aliphatic rings. The quantitative estimate of drug-likeness (QED) is 0.744. The summed E-state index contributed by atoms with van der Waals surface area (Å²) in [5.41, 5.74) is 2.67. The summed E-state index contributed by atoms with van der Waals surface area (Å²) >= 11 is 5.48. The molecule has 2 aromatic carbocycles. The molecule has 2 aromatic rings. The van der Waals surface area contributed by atoms with Gasteiger partial charge in [-0.3, -0.25) is 4.79 Å². The number of halogens is 1. The maximum atomic E-state index is 11.2. The lowest BCUT2D eigenvalue weighted by molar-refractivity contribution is 0.108. The van der Waals surface area contributed by atoms with Crippen LogP contribution in [0.1, 0.15) is 28.4 Å². The molecule has 0 radical (unpaired) electrons. The Balaban J connectivity index is 2.14. The lowest BCUT2D eigenvalue weighted by Gasteiger charge is -2.12. The van der Waals surface area contributed by atoms with Gasteiger partial charge in [-0.25, -0.2) is 0 Å². The summed E-state index contributed by atoms with van der Waals surface area (Å²) in [6, 6.07) is 13.0. The van der Waals surface area contributed by atoms with Crippen molar-refractivity contribution in [1.82, 2.24) is 0 Å². The molecular formula is C17H17ClO3. The van der Waals surface area contributed by atoms with Crippen LogP contribution in [0.5, 0.6) is 11.5 Å². The molecule has 0 unspecified atom stereocenters. The van der Waals surface area contributed by atoms with Crippen molar-refractivity contribution < 1.29 is 14.3 Å². The molecule has 0 N–H and O–H groups in total. The highest BCUT2D eigenvalue weighted by molar-refractivity contribution is 6.67. The second kappa shape index (κ2) is 7.14. The van der Waals surface area contributed by atoms with Crippen molar-refractivity contribution in [2.75, 3.05) is 6.61 Å². The molecule has 0 fully saturated rings. The zero-order valence-electron chi connectivity index (χ0n) is 12.1. The first-order chi connectivity index (χ1) is 10.1. The van der Waals surface area contributed by atoms with E-state index in [-0.39, 0.29) is 0 Å². The lowest BCUT2D eigenvalue weighted by Crippen LogP contribution is -2.01. The largest absolute Gasteiger partial charge is 0.490 e. The van der Waals surface area contributed by atoms with E-state index in [2.05, 4.69) is 0 Å². The van der Waals surface area contributed by atoms with Crippen molar-refractivity contribution in [3.63, 3.8) is 0 Å². The third-order valence-electron chi connectivity index (χ3n) is 2.99. The molecule has 110 valence electrons. The van der Waals surface area contributed by atoms with Gasteiger partial charge in [0, 0.05) is 5.56 Å². The molecule has 0 spiro atoms. The van der Waals surface area contributed by atoms with Crippen LogP contribution in [0.4, 0.5) is 0 Å². The van der Waals surface area contributed by atoms with Gasteiger partial charge in [-0.05, 0) is 49.2 Å². The van der Waals surface area contributed by atoms with Gasteiger partial charge >= 0.3 is 0 Å². The van der Waals surface area contributed by atoms with Crippen LogP contribution in [0.2, 0.25) is 0 Å². The average molecular weight is 305 g/mol. The smallest absolute Gasteiger partial charge is 0.252 e. The molecule has 0 aliphatic heterocycles. The van der Waals surface area contributed by atoms with Crippen LogP contribution in [0.3, 0.4) is 0 Å². The van der Waals surface area contributed by atoms with Gasteiger partial charge in [0.15, 0.2) is 11.5 Å². The predicted molar refractivity (Wildman–Crippen MR) is 83.3 cm³/mol. The average Bonchev–Trinajstić information content (AvgIpc) is 2.47. The molecule has 0 aliphatic carbocycles. The van der Waals surface area contributed by atoms with Crippen molar-refractivity contribution in [2.45, 2.75) is 20.5 Å². The van der Waals surface area contributed by atoms with Gasteiger partial charge in [0.25, 0.3) is 5.24 Å². The van der Waals surface area contributed by atoms with Gasteiger partial charge in [0.1, 0.15) is 6.61 Å². The number of carbonyl (C=O) groups is 1. The molecule has 0 heterocycles. The Hall–Kier alpha value is -2.00. The van der Waals surface area contributed by atoms with E-state index in [1.165, 1.54) is 5.56 Å². The predicted octanol–water partition coefficient (Wildman–Crippen LogP) is 4.35. The zero-order chi connectivity index (χ0) is 15.2. The highest BCUT2D eigenvalue weighted by atomic mass is 35.5. The number of aryl methyl sites for hydroxylation is 1. The monoisotopic (exact) mass is 304 g/mol. The van der Waals surface area contributed by atoms with Crippen LogP contribution < -0.4 is 9.47 Å². The zero-order valence-corrected chi connectivity index (χ0v) is 12.8. The van der Waals surface area contributed by atoms with E-state index >= 15 is 0 Å². The summed E-state index contributed by atoms with van der Waals surface area (Å²) in [7, 11) is 0. The maximum Gasteiger partial charge on any atom is 0.252 e. The number of hydrogen-bond acceptors (Lipinski definition) is 3. The van der Waals surface area contributed by atoms with E-state index in [9.17, 15) is 4.79 Å². The Morgan fingerprint density at radius 1 is 1.05 bits per heavy atom. The fourth-order valence-corrected chi connectivity index (χ4v) is 1.98. The van der Waals surface area contributed by atoms with Crippen molar-refractivity contribution >= 4 is 16.8 Å². The Bertz CT molecular complexity index is 620. The summed E-state index contributed by atoms with van der Waals surface area (Å²) in [5, 5.41) is -0.513. The first kappa shape index (κ1) is 15.4. The third kappa shape index (κ3) is 4.23. The molecule has 4 heteroatoms. The molecule has 0 saturated carbocycles. The highest BCUT2D eigenvalue weighted by Gasteiger charge is 2.10. The standard InChI is InChI=1S/C17H17ClO3/c1-3-20-16-10-14(17(18)19)8-9-15(16)21-11-13-6-4-12(2)5-7-13/h4-10H,3,11H2,1-2H3. The number of hydrogen-bond donors (Lipinski definition) is 0. The highest BCUT2D eigenvalue weighted by Crippen LogP contribution is 2.29. The lowest BCUT2D eigenvalue weighted by atomic mass is 10.2. The minimum atomic E-state index is -0.513. The topological polar surface area (TPSA) is 35.5 Å². The summed E-state index contributed by atoms with van der Waals surface area (Å²) in [4.78, 5) is 11.2. The van der Waals surface area contributed by atoms with Crippen molar-refractivity contribution in [2.24, 2.45) is 0 Å². The van der Waals surface area contributed by atoms with Crippen LogP contribution in [-0.4, -0.2) is 11.8 Å². The normalized spacial score (nSPS) is 10.2. The van der Waals surface area contributed by atoms with Crippen molar-refractivity contribution in [3.05, 3.63) is 59.2 Å². The Labute approximate surface area is 129 Å². The number of carbonyl (C=O) groups excluding carboxylic acids is 1. The van der Waals surface area contributed by atoms with E-state index in [4.69, 9.17) is 21.1 Å². The molecule has 0 bridgehead atoms. The first-order valence-electron chi connectivity index (χ1n) is 6.75. The van der Waals surface area contributed by atoms with Gasteiger partial charge in [-0.15, -0.1) is 0 Å². The number of rotatable bonds is 6. The SMILES string of the molecule is CCOc1cc(C(=O)Cl)ccc1OCc1ccc(C)cc1. The van der Waals surface area contributed by atoms with Gasteiger partial charge in [0.2, 0.25) is 0 Å². The molecule has 3 nitrogen and oxygen atoms in total. The molecule has 0 amide bonds. The molecular weight excluding hydrogens is 288 g/mol. The van der Waals surface area contributed by atoms with Crippen LogP contribution in [0.15, 0.2) is 42.5 Å². The Kier molecular flexibility index (Phi) is 5.23. The Morgan fingerprint density at radius 3 is 2.38 bits per heavy atom. The van der Waals surface area contributed by atoms with Gasteiger partial charge in [-0.2, -0.15) is 0 Å². The minimum Gasteiger partial charge on any atom is -0.490 e. The second-order valence-electron chi connectivity index (χ2n) is 4.64. The molecule has 0 aromatic heterocycles. The summed E-state index contributed by atoms with van der Waals surface area (Å²) < 4.78 is 11.3. The van der Waals surface area contributed by atoms with E-state index in [1.807, 2.05) is 38.1 Å². The fourth-order valence-electron chi connectivity index (χ4n) is 1.86. The fraction of sp³-hybridized carbons (Fsp3) is 0.235. The maximum absolute atomic E-state index is 11.2. The second-order valence-corrected chi connectivity index (χ2v) is 4.99. The van der Waals surface area contributed by atoms with E-state index in [0.717, 1.165) is 5.56 Å². The minimum absolute atomic E-state index is 0.391. The number of benzene rings is 2. The molecule has 2 rings (SSSR count). The van der Waals surface area contributed by atoms with E-state index in [0.29, 0.717) is 30.3 Å². The van der Waals surface area contributed by atoms with Crippen molar-refractivity contribution in [3.8, 4) is 11.5 Å². The van der Waals surface area contributed by atoms with Crippen molar-refractivity contribution in [1.29, 1.82) is 0 Å². The number of ether oxygens (including phenoxy) is 2. The summed E-state index contributed by atoms with van der Waals surface area (Å²) in [6.45, 7) is 4.84. The van der Waals surface area contributed by atoms with E-state index < -0.39 is 5.24 Å². The van der Waals surface area contributed by atoms with E-state index in [1.54, 1.807) is 18.2 Å². The van der Waals surface area contributed by atoms with Gasteiger partial charge < -0.3 is 9.47 Å². The summed E-state index contributed by atoms with van der Waals surface area (Å²) in [6.07, 6.45) is 0. The first-order valence-corrected chi connectivity index (χ1v) is 7.13. The third-order valence-corrected chi connectivity index (χ3v) is 3.20. The van der Waals surface area contributed by atoms with Crippen LogP contribution >= 0.6 is 11.6 Å². The molecule has 0 saturated heterocycles. The summed E-state index contributed by atoms with van der Waals surface area (Å²) in [5.74, 6) is 1.12. The van der Waals surface area contributed by atoms with Gasteiger partial charge in [-0.1, -0.05) is 29.8 Å². The van der Waals surface area contributed by atoms with Crippen LogP contribution in [0.25, 0.3) is 0 Å². The van der Waals surface area contributed by atoms with Gasteiger partial charge in [0.05, 0.1) is 6.61 Å². The van der Waals surface area contributed by atoms with Crippen LogP contribution in [0, 0.1) is 6.92 Å². The van der Waals surface area contributed by atoms with Crippen LogP contribution in [-0.2, 0) is 6.61 Å².